The second-order valence-electron chi connectivity index (χ2n) is 6.62. The Morgan fingerprint density at radius 3 is 1.92 bits per heavy atom. The van der Waals surface area contributed by atoms with Crippen LogP contribution in [0.4, 0.5) is 0 Å². The number of carboxylic acid groups (broad SMARTS) is 1. The molecule has 0 aliphatic rings. The van der Waals surface area contributed by atoms with Gasteiger partial charge in [-0.3, -0.25) is 0 Å². The molecule has 0 saturated carbocycles. The first-order chi connectivity index (χ1) is 12.4. The van der Waals surface area contributed by atoms with Crippen LogP contribution in [0.15, 0.2) is 60.7 Å². The van der Waals surface area contributed by atoms with Crippen molar-refractivity contribution in [1.29, 1.82) is 0 Å². The fraction of sp³-hybridized carbons (Fsp3) is 0.238. The van der Waals surface area contributed by atoms with Crippen LogP contribution in [0.5, 0.6) is 0 Å². The summed E-state index contributed by atoms with van der Waals surface area (Å²) in [7, 11) is 0. The molecular formula is C21H22N2O3. The lowest BCUT2D eigenvalue weighted by Gasteiger charge is -2.12. The monoisotopic (exact) mass is 350 g/mol. The van der Waals surface area contributed by atoms with Gasteiger partial charge in [0, 0.05) is 11.1 Å². The molecule has 1 N–H and O–H groups in total. The Hall–Kier alpha value is -3.08. The van der Waals surface area contributed by atoms with Crippen LogP contribution in [0, 0.1) is 5.21 Å². The van der Waals surface area contributed by atoms with Gasteiger partial charge in [0.15, 0.2) is 17.4 Å². The van der Waals surface area contributed by atoms with Gasteiger partial charge in [-0.25, -0.2) is 14.1 Å². The number of benzene rings is 2. The molecule has 5 heteroatoms. The minimum absolute atomic E-state index is 0.130. The van der Waals surface area contributed by atoms with Crippen molar-refractivity contribution in [1.82, 2.24) is 4.57 Å². The molecule has 0 amide bonds. The van der Waals surface area contributed by atoms with Gasteiger partial charge in [0.1, 0.15) is 0 Å². The number of rotatable bonds is 5. The second-order valence-corrected chi connectivity index (χ2v) is 6.62. The van der Waals surface area contributed by atoms with Gasteiger partial charge >= 0.3 is 5.97 Å². The average Bonchev–Trinajstić information content (AvgIpc) is 2.95. The van der Waals surface area contributed by atoms with E-state index in [0.29, 0.717) is 17.2 Å². The standard InChI is InChI=1S/C21H22N2O3/c1-14(2)20-22(15(3)21(24)25)18(16-10-6-4-7-11-16)19(23(20)26)17-12-8-5-9-13-17/h4-15H,1-3H3,(H,24,25)/t15-/m0/s1. The van der Waals surface area contributed by atoms with Gasteiger partial charge in [-0.1, -0.05) is 74.5 Å². The molecule has 3 aromatic rings. The summed E-state index contributed by atoms with van der Waals surface area (Å²) in [5.74, 6) is -0.661. The lowest BCUT2D eigenvalue weighted by Crippen LogP contribution is -2.35. The summed E-state index contributed by atoms with van der Waals surface area (Å²) in [5, 5.41) is 22.9. The van der Waals surface area contributed by atoms with E-state index in [4.69, 9.17) is 0 Å². The zero-order valence-corrected chi connectivity index (χ0v) is 15.1. The highest BCUT2D eigenvalue weighted by molar-refractivity contribution is 5.80. The fourth-order valence-electron chi connectivity index (χ4n) is 3.27. The summed E-state index contributed by atoms with van der Waals surface area (Å²) in [6.45, 7) is 5.41. The topological polar surface area (TPSA) is 69.2 Å². The first-order valence-electron chi connectivity index (χ1n) is 8.64. The van der Waals surface area contributed by atoms with Gasteiger partial charge in [0.05, 0.1) is 5.92 Å². The van der Waals surface area contributed by atoms with Gasteiger partial charge in [-0.05, 0) is 6.92 Å². The van der Waals surface area contributed by atoms with Gasteiger partial charge in [0.2, 0.25) is 0 Å². The second kappa shape index (κ2) is 7.04. The van der Waals surface area contributed by atoms with Crippen molar-refractivity contribution < 1.29 is 14.6 Å². The number of hydrogen-bond donors (Lipinski definition) is 1. The molecule has 0 aliphatic carbocycles. The van der Waals surface area contributed by atoms with E-state index >= 15 is 0 Å². The summed E-state index contributed by atoms with van der Waals surface area (Å²) in [4.78, 5) is 11.8. The molecule has 5 nitrogen and oxygen atoms in total. The Morgan fingerprint density at radius 1 is 0.962 bits per heavy atom. The Morgan fingerprint density at radius 2 is 1.46 bits per heavy atom. The van der Waals surface area contributed by atoms with Gasteiger partial charge in [-0.2, -0.15) is 0 Å². The average molecular weight is 350 g/mol. The fourth-order valence-corrected chi connectivity index (χ4v) is 3.27. The number of hydrogen-bond acceptors (Lipinski definition) is 2. The summed E-state index contributed by atoms with van der Waals surface area (Å²) in [6.07, 6.45) is 0. The summed E-state index contributed by atoms with van der Waals surface area (Å²) >= 11 is 0. The van der Waals surface area contributed by atoms with E-state index in [1.54, 1.807) is 11.5 Å². The normalized spacial score (nSPS) is 12.3. The maximum atomic E-state index is 13.3. The van der Waals surface area contributed by atoms with Crippen molar-refractivity contribution in [2.75, 3.05) is 0 Å². The van der Waals surface area contributed by atoms with Gasteiger partial charge < -0.3 is 10.3 Å². The SMILES string of the molecule is CC(C)c1n([C@@H](C)C(=O)O)c(-c2ccccc2)c(-c2ccccc2)[n+]1[O-]. The molecule has 134 valence electrons. The predicted octanol–water partition coefficient (Wildman–Crippen LogP) is 4.22. The van der Waals surface area contributed by atoms with Crippen molar-refractivity contribution >= 4 is 5.97 Å². The smallest absolute Gasteiger partial charge is 0.349 e. The minimum Gasteiger partial charge on any atom is -0.710 e. The van der Waals surface area contributed by atoms with Crippen LogP contribution in [0.3, 0.4) is 0 Å². The molecule has 1 atom stereocenters. The molecule has 3 rings (SSSR count). The molecule has 0 saturated heterocycles. The van der Waals surface area contributed by atoms with Crippen LogP contribution < -0.4 is 4.73 Å². The summed E-state index contributed by atoms with van der Waals surface area (Å²) in [5.41, 5.74) is 2.69. The van der Waals surface area contributed by atoms with Crippen LogP contribution in [0.1, 0.15) is 38.6 Å². The molecule has 0 bridgehead atoms. The first-order valence-corrected chi connectivity index (χ1v) is 8.64. The van der Waals surface area contributed by atoms with E-state index in [1.807, 2.05) is 74.5 Å². The highest BCUT2D eigenvalue weighted by Gasteiger charge is 2.36. The molecule has 0 radical (unpaired) electrons. The van der Waals surface area contributed by atoms with Gasteiger partial charge in [-0.15, -0.1) is 0 Å². The van der Waals surface area contributed by atoms with Gasteiger partial charge in [0.25, 0.3) is 5.82 Å². The first kappa shape index (κ1) is 17.7. The Kier molecular flexibility index (Phi) is 4.80. The number of aliphatic carboxylic acids is 1. The zero-order chi connectivity index (χ0) is 18.8. The highest BCUT2D eigenvalue weighted by Crippen LogP contribution is 2.35. The number of carbonyl (C=O) groups is 1. The predicted molar refractivity (Wildman–Crippen MR) is 101 cm³/mol. The van der Waals surface area contributed by atoms with Crippen LogP contribution in [-0.4, -0.2) is 15.6 Å². The molecule has 0 spiro atoms. The summed E-state index contributed by atoms with van der Waals surface area (Å²) in [6, 6.07) is 18.0. The van der Waals surface area contributed by atoms with E-state index in [0.717, 1.165) is 15.9 Å². The third-order valence-electron chi connectivity index (χ3n) is 4.48. The molecule has 2 aromatic carbocycles. The molecule has 0 aliphatic heterocycles. The number of imidazole rings is 1. The quantitative estimate of drug-likeness (QED) is 0.553. The van der Waals surface area contributed by atoms with E-state index in [1.165, 1.54) is 0 Å². The lowest BCUT2D eigenvalue weighted by atomic mass is 10.0. The molecule has 1 aromatic heterocycles. The minimum atomic E-state index is -0.973. The third-order valence-corrected chi connectivity index (χ3v) is 4.48. The maximum absolute atomic E-state index is 13.3. The Balaban J connectivity index is 2.44. The zero-order valence-electron chi connectivity index (χ0n) is 15.1. The molecule has 0 unspecified atom stereocenters. The van der Waals surface area contributed by atoms with Crippen LogP contribution in [0.2, 0.25) is 0 Å². The summed E-state index contributed by atoms with van der Waals surface area (Å²) < 4.78 is 2.55. The van der Waals surface area contributed by atoms with E-state index in [-0.39, 0.29) is 5.92 Å². The number of carboxylic acids is 1. The van der Waals surface area contributed by atoms with E-state index < -0.39 is 12.0 Å². The number of nitrogens with zero attached hydrogens (tertiary/aromatic N) is 2. The maximum Gasteiger partial charge on any atom is 0.349 e. The van der Waals surface area contributed by atoms with Crippen molar-refractivity contribution in [2.45, 2.75) is 32.7 Å². The van der Waals surface area contributed by atoms with Crippen molar-refractivity contribution in [3.05, 3.63) is 71.7 Å². The lowest BCUT2D eigenvalue weighted by molar-refractivity contribution is -0.603. The third kappa shape index (κ3) is 2.96. The Labute approximate surface area is 152 Å². The molecule has 0 fully saturated rings. The van der Waals surface area contributed by atoms with Crippen molar-refractivity contribution in [2.24, 2.45) is 0 Å². The van der Waals surface area contributed by atoms with Crippen LogP contribution in [0.25, 0.3) is 22.5 Å². The van der Waals surface area contributed by atoms with Crippen LogP contribution in [-0.2, 0) is 4.79 Å². The van der Waals surface area contributed by atoms with Crippen molar-refractivity contribution in [3.8, 4) is 22.5 Å². The van der Waals surface area contributed by atoms with Crippen molar-refractivity contribution in [3.63, 3.8) is 0 Å². The highest BCUT2D eigenvalue weighted by atomic mass is 16.5. The van der Waals surface area contributed by atoms with Crippen LogP contribution >= 0.6 is 0 Å². The van der Waals surface area contributed by atoms with E-state index in [2.05, 4.69) is 0 Å². The Bertz CT molecular complexity index is 915. The molecular weight excluding hydrogens is 328 g/mol. The molecule has 26 heavy (non-hydrogen) atoms. The number of aromatic nitrogens is 2. The largest absolute Gasteiger partial charge is 0.710 e. The molecule has 1 heterocycles. The van der Waals surface area contributed by atoms with E-state index in [9.17, 15) is 15.1 Å².